The molecule has 0 saturated carbocycles. The fourth-order valence-electron chi connectivity index (χ4n) is 1.34. The Labute approximate surface area is 103 Å². The highest BCUT2D eigenvalue weighted by atomic mass is 79.9. The number of aromatic carboxylic acids is 1. The number of carboxylic acid groups (broad SMARTS) is 1. The molecular weight excluding hydrogens is 295 g/mol. The molecule has 1 heterocycles. The number of nitrogens with one attached hydrogen (secondary N) is 1. The number of rotatable bonds is 2. The van der Waals surface area contributed by atoms with E-state index in [1.54, 1.807) is 0 Å². The number of nitrogens with zero attached hydrogens (tertiary/aromatic N) is 1. The summed E-state index contributed by atoms with van der Waals surface area (Å²) in [7, 11) is 0. The number of phenols is 1. The van der Waals surface area contributed by atoms with E-state index >= 15 is 0 Å². The Kier molecular flexibility index (Phi) is 2.84. The predicted molar refractivity (Wildman–Crippen MR) is 60.3 cm³/mol. The summed E-state index contributed by atoms with van der Waals surface area (Å²) in [5.74, 6) is -2.57. The van der Waals surface area contributed by atoms with Gasteiger partial charge in [0.2, 0.25) is 0 Å². The zero-order valence-electron chi connectivity index (χ0n) is 8.24. The largest absolute Gasteiger partial charge is 0.504 e. The van der Waals surface area contributed by atoms with Crippen LogP contribution in [0.15, 0.2) is 22.7 Å². The predicted octanol–water partition coefficient (Wildman–Crippen LogP) is 2.38. The first kappa shape index (κ1) is 11.6. The Morgan fingerprint density at radius 3 is 2.76 bits per heavy atom. The van der Waals surface area contributed by atoms with E-state index in [2.05, 4.69) is 26.1 Å². The number of halogens is 2. The van der Waals surface area contributed by atoms with Crippen molar-refractivity contribution < 1.29 is 19.4 Å². The topological polar surface area (TPSA) is 86.2 Å². The highest BCUT2D eigenvalue weighted by Crippen LogP contribution is 2.36. The Morgan fingerprint density at radius 1 is 1.47 bits per heavy atom. The van der Waals surface area contributed by atoms with Crippen LogP contribution in [0.25, 0.3) is 11.3 Å². The van der Waals surface area contributed by atoms with E-state index in [-0.39, 0.29) is 17.0 Å². The molecule has 0 spiro atoms. The van der Waals surface area contributed by atoms with Gasteiger partial charge < -0.3 is 10.2 Å². The number of aromatic amines is 1. The molecule has 1 aromatic carbocycles. The maximum Gasteiger partial charge on any atom is 0.353 e. The number of carboxylic acids is 1. The van der Waals surface area contributed by atoms with E-state index in [1.165, 1.54) is 12.1 Å². The maximum atomic E-state index is 13.2. The van der Waals surface area contributed by atoms with Crippen molar-refractivity contribution in [2.75, 3.05) is 0 Å². The summed E-state index contributed by atoms with van der Waals surface area (Å²) in [6.45, 7) is 0. The van der Waals surface area contributed by atoms with Gasteiger partial charge in [0.25, 0.3) is 0 Å². The van der Waals surface area contributed by atoms with Crippen molar-refractivity contribution in [3.8, 4) is 17.0 Å². The number of phenolic OH excluding ortho intramolecular Hbond substituents is 1. The van der Waals surface area contributed by atoms with Crippen LogP contribution in [0.2, 0.25) is 0 Å². The van der Waals surface area contributed by atoms with Gasteiger partial charge in [-0.05, 0) is 34.1 Å². The first-order valence-corrected chi connectivity index (χ1v) is 5.26. The van der Waals surface area contributed by atoms with Gasteiger partial charge in [0.15, 0.2) is 11.6 Å². The lowest BCUT2D eigenvalue weighted by Crippen LogP contribution is -1.95. The Bertz CT molecular complexity index is 597. The Morgan fingerprint density at radius 2 is 2.18 bits per heavy atom. The SMILES string of the molecule is O=C(O)c1cc(-c2c(Br)ccc(F)c2O)n[nH]1. The van der Waals surface area contributed by atoms with Crippen molar-refractivity contribution in [3.63, 3.8) is 0 Å². The standard InChI is InChI=1S/C10H6BrFN2O3/c11-4-1-2-5(12)9(15)8(4)6-3-7(10(16)17)14-13-6/h1-3,15H,(H,13,14)(H,16,17). The normalized spacial score (nSPS) is 10.5. The van der Waals surface area contributed by atoms with Crippen molar-refractivity contribution in [2.24, 2.45) is 0 Å². The van der Waals surface area contributed by atoms with Crippen molar-refractivity contribution in [1.82, 2.24) is 10.2 Å². The van der Waals surface area contributed by atoms with Crippen LogP contribution in [-0.2, 0) is 0 Å². The number of aromatic nitrogens is 2. The van der Waals surface area contributed by atoms with E-state index in [1.807, 2.05) is 0 Å². The molecule has 0 amide bonds. The zero-order chi connectivity index (χ0) is 12.6. The summed E-state index contributed by atoms with van der Waals surface area (Å²) in [5.41, 5.74) is 0.107. The lowest BCUT2D eigenvalue weighted by Gasteiger charge is -2.04. The molecule has 2 aromatic rings. The third-order valence-electron chi connectivity index (χ3n) is 2.14. The number of aromatic hydroxyl groups is 1. The molecule has 0 aliphatic carbocycles. The summed E-state index contributed by atoms with van der Waals surface area (Å²) in [4.78, 5) is 10.7. The number of hydrogen-bond acceptors (Lipinski definition) is 3. The van der Waals surface area contributed by atoms with Gasteiger partial charge in [0.05, 0.1) is 11.3 Å². The molecule has 0 fully saturated rings. The summed E-state index contributed by atoms with van der Waals surface area (Å²) in [5, 5.41) is 24.3. The van der Waals surface area contributed by atoms with E-state index in [4.69, 9.17) is 5.11 Å². The lowest BCUT2D eigenvalue weighted by molar-refractivity contribution is 0.0690. The molecule has 17 heavy (non-hydrogen) atoms. The van der Waals surface area contributed by atoms with Gasteiger partial charge >= 0.3 is 5.97 Å². The molecule has 5 nitrogen and oxygen atoms in total. The van der Waals surface area contributed by atoms with E-state index in [0.717, 1.165) is 6.07 Å². The quantitative estimate of drug-likeness (QED) is 0.795. The molecule has 0 saturated heterocycles. The van der Waals surface area contributed by atoms with E-state index < -0.39 is 17.5 Å². The van der Waals surface area contributed by atoms with Crippen LogP contribution < -0.4 is 0 Å². The third-order valence-corrected chi connectivity index (χ3v) is 2.80. The van der Waals surface area contributed by atoms with Gasteiger partial charge in [-0.15, -0.1) is 0 Å². The lowest BCUT2D eigenvalue weighted by atomic mass is 10.1. The van der Waals surface area contributed by atoms with Gasteiger partial charge in [-0.2, -0.15) is 5.10 Å². The second kappa shape index (κ2) is 4.17. The number of benzene rings is 1. The second-order valence-electron chi connectivity index (χ2n) is 3.22. The summed E-state index contributed by atoms with van der Waals surface area (Å²) < 4.78 is 13.6. The van der Waals surface area contributed by atoms with Crippen LogP contribution >= 0.6 is 15.9 Å². The fourth-order valence-corrected chi connectivity index (χ4v) is 1.87. The van der Waals surface area contributed by atoms with Gasteiger partial charge in [-0.1, -0.05) is 0 Å². The average Bonchev–Trinajstić information content (AvgIpc) is 2.73. The van der Waals surface area contributed by atoms with Crippen LogP contribution in [0, 0.1) is 5.82 Å². The van der Waals surface area contributed by atoms with Gasteiger partial charge in [-0.25, -0.2) is 9.18 Å². The van der Waals surface area contributed by atoms with Gasteiger partial charge in [0.1, 0.15) is 5.69 Å². The summed E-state index contributed by atoms with van der Waals surface area (Å²) >= 11 is 3.14. The van der Waals surface area contributed by atoms with Crippen LogP contribution in [-0.4, -0.2) is 26.4 Å². The van der Waals surface area contributed by atoms with Crippen molar-refractivity contribution >= 4 is 21.9 Å². The molecular formula is C10H6BrFN2O3. The Balaban J connectivity index is 2.60. The molecule has 0 unspecified atom stereocenters. The molecule has 0 bridgehead atoms. The minimum Gasteiger partial charge on any atom is -0.504 e. The molecule has 2 rings (SSSR count). The Hall–Kier alpha value is -1.89. The third kappa shape index (κ3) is 2.01. The molecule has 88 valence electrons. The van der Waals surface area contributed by atoms with Crippen LogP contribution in [0.5, 0.6) is 5.75 Å². The zero-order valence-corrected chi connectivity index (χ0v) is 9.82. The maximum absolute atomic E-state index is 13.2. The van der Waals surface area contributed by atoms with Crippen LogP contribution in [0.4, 0.5) is 4.39 Å². The van der Waals surface area contributed by atoms with Gasteiger partial charge in [0, 0.05) is 4.47 Å². The second-order valence-corrected chi connectivity index (χ2v) is 4.08. The number of carbonyl (C=O) groups is 1. The molecule has 0 aliphatic heterocycles. The highest BCUT2D eigenvalue weighted by molar-refractivity contribution is 9.10. The summed E-state index contributed by atoms with van der Waals surface area (Å²) in [6.07, 6.45) is 0. The molecule has 7 heteroatoms. The highest BCUT2D eigenvalue weighted by Gasteiger charge is 2.17. The van der Waals surface area contributed by atoms with Crippen LogP contribution in [0.1, 0.15) is 10.5 Å². The molecule has 0 radical (unpaired) electrons. The molecule has 1 aromatic heterocycles. The van der Waals surface area contributed by atoms with E-state index in [9.17, 15) is 14.3 Å². The van der Waals surface area contributed by atoms with Gasteiger partial charge in [-0.3, -0.25) is 5.10 Å². The fraction of sp³-hybridized carbons (Fsp3) is 0. The molecule has 0 atom stereocenters. The first-order valence-electron chi connectivity index (χ1n) is 4.46. The molecule has 3 N–H and O–H groups in total. The van der Waals surface area contributed by atoms with Crippen molar-refractivity contribution in [1.29, 1.82) is 0 Å². The minimum absolute atomic E-state index is 0.105. The average molecular weight is 301 g/mol. The summed E-state index contributed by atoms with van der Waals surface area (Å²) in [6, 6.07) is 3.70. The van der Waals surface area contributed by atoms with Crippen molar-refractivity contribution in [2.45, 2.75) is 0 Å². The monoisotopic (exact) mass is 300 g/mol. The molecule has 0 aliphatic rings. The number of hydrogen-bond donors (Lipinski definition) is 3. The van der Waals surface area contributed by atoms with Crippen molar-refractivity contribution in [3.05, 3.63) is 34.2 Å². The van der Waals surface area contributed by atoms with E-state index in [0.29, 0.717) is 4.47 Å². The first-order chi connectivity index (χ1) is 8.00. The van der Waals surface area contributed by atoms with Crippen LogP contribution in [0.3, 0.4) is 0 Å². The smallest absolute Gasteiger partial charge is 0.353 e. The minimum atomic E-state index is -1.18. The number of H-pyrrole nitrogens is 1.